The zero-order chi connectivity index (χ0) is 11.9. The molecule has 2 rings (SSSR count). The van der Waals surface area contributed by atoms with E-state index in [2.05, 4.69) is 22.8 Å². The first-order chi connectivity index (χ1) is 8.34. The topological polar surface area (TPSA) is 41.1 Å². The van der Waals surface area contributed by atoms with Crippen molar-refractivity contribution >= 4 is 17.7 Å². The summed E-state index contributed by atoms with van der Waals surface area (Å²) >= 11 is 1.82. The van der Waals surface area contributed by atoms with Crippen LogP contribution in [0.2, 0.25) is 0 Å². The molecular formula is C13H22N2OS. The van der Waals surface area contributed by atoms with E-state index in [-0.39, 0.29) is 5.91 Å². The normalized spacial score (nSPS) is 25.8. The molecule has 0 saturated carbocycles. The minimum Gasteiger partial charge on any atom is -0.352 e. The highest BCUT2D eigenvalue weighted by molar-refractivity contribution is 8.00. The van der Waals surface area contributed by atoms with Crippen molar-refractivity contribution in [3.63, 3.8) is 0 Å². The van der Waals surface area contributed by atoms with Crippen LogP contribution in [-0.2, 0) is 4.79 Å². The second-order valence-corrected chi connectivity index (χ2v) is 6.10. The minimum atomic E-state index is 0.217. The molecule has 1 atom stereocenters. The monoisotopic (exact) mass is 254 g/mol. The summed E-state index contributed by atoms with van der Waals surface area (Å²) in [5, 5.41) is 7.15. The van der Waals surface area contributed by atoms with Crippen molar-refractivity contribution in [1.29, 1.82) is 0 Å². The first-order valence-corrected chi connectivity index (χ1v) is 7.66. The largest absolute Gasteiger partial charge is 0.352 e. The van der Waals surface area contributed by atoms with Gasteiger partial charge in [0.2, 0.25) is 5.91 Å². The van der Waals surface area contributed by atoms with Gasteiger partial charge in [-0.1, -0.05) is 12.2 Å². The summed E-state index contributed by atoms with van der Waals surface area (Å²) in [7, 11) is 0. The fourth-order valence-electron chi connectivity index (χ4n) is 2.35. The van der Waals surface area contributed by atoms with Gasteiger partial charge < -0.3 is 10.6 Å². The minimum absolute atomic E-state index is 0.217. The Bertz CT molecular complexity index is 275. The summed E-state index contributed by atoms with van der Waals surface area (Å²) in [6.07, 6.45) is 9.98. The van der Waals surface area contributed by atoms with Crippen molar-refractivity contribution in [2.24, 2.45) is 0 Å². The number of piperidine rings is 1. The van der Waals surface area contributed by atoms with Crippen LogP contribution in [0, 0.1) is 0 Å². The Labute approximate surface area is 108 Å². The second kappa shape index (κ2) is 7.07. The summed E-state index contributed by atoms with van der Waals surface area (Å²) in [6, 6.07) is 0.376. The van der Waals surface area contributed by atoms with Gasteiger partial charge >= 0.3 is 0 Å². The Morgan fingerprint density at radius 2 is 2.12 bits per heavy atom. The van der Waals surface area contributed by atoms with E-state index in [4.69, 9.17) is 0 Å². The number of rotatable bonds is 4. The SMILES string of the molecule is O=C(CSC1CCNCC1)NC1CC=CCC1. The maximum Gasteiger partial charge on any atom is 0.230 e. The third kappa shape index (κ3) is 4.72. The highest BCUT2D eigenvalue weighted by Gasteiger charge is 2.17. The second-order valence-electron chi connectivity index (χ2n) is 4.81. The highest BCUT2D eigenvalue weighted by atomic mass is 32.2. The lowest BCUT2D eigenvalue weighted by Gasteiger charge is -2.23. The molecule has 2 N–H and O–H groups in total. The van der Waals surface area contributed by atoms with Gasteiger partial charge in [-0.15, -0.1) is 11.8 Å². The molecule has 17 heavy (non-hydrogen) atoms. The fraction of sp³-hybridized carbons (Fsp3) is 0.769. The highest BCUT2D eigenvalue weighted by Crippen LogP contribution is 2.20. The molecular weight excluding hydrogens is 232 g/mol. The number of carbonyl (C=O) groups excluding carboxylic acids is 1. The quantitative estimate of drug-likeness (QED) is 0.750. The van der Waals surface area contributed by atoms with Crippen LogP contribution in [0.25, 0.3) is 0 Å². The van der Waals surface area contributed by atoms with Crippen LogP contribution in [0.15, 0.2) is 12.2 Å². The van der Waals surface area contributed by atoms with E-state index in [1.54, 1.807) is 0 Å². The summed E-state index contributed by atoms with van der Waals surface area (Å²) < 4.78 is 0. The van der Waals surface area contributed by atoms with Crippen LogP contribution < -0.4 is 10.6 Å². The molecule has 0 aromatic carbocycles. The Balaban J connectivity index is 1.61. The van der Waals surface area contributed by atoms with E-state index >= 15 is 0 Å². The van der Waals surface area contributed by atoms with Crippen molar-refractivity contribution in [3.05, 3.63) is 12.2 Å². The number of nitrogens with one attached hydrogen (secondary N) is 2. The molecule has 1 saturated heterocycles. The average molecular weight is 254 g/mol. The average Bonchev–Trinajstić information content (AvgIpc) is 2.39. The van der Waals surface area contributed by atoms with Gasteiger partial charge in [-0.25, -0.2) is 0 Å². The Morgan fingerprint density at radius 1 is 1.29 bits per heavy atom. The lowest BCUT2D eigenvalue weighted by Crippen LogP contribution is -2.37. The third-order valence-corrected chi connectivity index (χ3v) is 4.74. The van der Waals surface area contributed by atoms with E-state index in [1.807, 2.05) is 11.8 Å². The van der Waals surface area contributed by atoms with E-state index in [9.17, 15) is 4.79 Å². The molecule has 1 heterocycles. The van der Waals surface area contributed by atoms with Crippen LogP contribution >= 0.6 is 11.8 Å². The molecule has 0 aromatic rings. The molecule has 2 aliphatic rings. The van der Waals surface area contributed by atoms with Gasteiger partial charge in [0.1, 0.15) is 0 Å². The van der Waals surface area contributed by atoms with E-state index < -0.39 is 0 Å². The maximum absolute atomic E-state index is 11.8. The van der Waals surface area contributed by atoms with Crippen molar-refractivity contribution in [1.82, 2.24) is 10.6 Å². The lowest BCUT2D eigenvalue weighted by atomic mass is 10.0. The van der Waals surface area contributed by atoms with Gasteiger partial charge in [0, 0.05) is 11.3 Å². The van der Waals surface area contributed by atoms with Gasteiger partial charge in [0.15, 0.2) is 0 Å². The Morgan fingerprint density at radius 3 is 2.82 bits per heavy atom. The van der Waals surface area contributed by atoms with Gasteiger partial charge in [-0.2, -0.15) is 0 Å². The zero-order valence-corrected chi connectivity index (χ0v) is 11.1. The summed E-state index contributed by atoms with van der Waals surface area (Å²) in [5.41, 5.74) is 0. The molecule has 0 spiro atoms. The Kier molecular flexibility index (Phi) is 5.39. The number of thioether (sulfide) groups is 1. The van der Waals surface area contributed by atoms with Crippen LogP contribution in [0.3, 0.4) is 0 Å². The fourth-order valence-corrected chi connectivity index (χ4v) is 3.39. The van der Waals surface area contributed by atoms with Crippen molar-refractivity contribution in [3.8, 4) is 0 Å². The standard InChI is InChI=1S/C13H22N2OS/c16-13(15-11-4-2-1-3-5-11)10-17-12-6-8-14-9-7-12/h1-2,11-12,14H,3-10H2,(H,15,16). The molecule has 0 aromatic heterocycles. The molecule has 1 amide bonds. The van der Waals surface area contributed by atoms with Crippen LogP contribution in [0.4, 0.5) is 0 Å². The van der Waals surface area contributed by atoms with Crippen molar-refractivity contribution in [2.75, 3.05) is 18.8 Å². The van der Waals surface area contributed by atoms with Crippen LogP contribution in [0.1, 0.15) is 32.1 Å². The van der Waals surface area contributed by atoms with E-state index in [1.165, 1.54) is 12.8 Å². The molecule has 1 unspecified atom stereocenters. The molecule has 1 aliphatic carbocycles. The molecule has 0 bridgehead atoms. The summed E-state index contributed by atoms with van der Waals surface area (Å²) in [4.78, 5) is 11.8. The number of hydrogen-bond donors (Lipinski definition) is 2. The van der Waals surface area contributed by atoms with Gasteiger partial charge in [0.25, 0.3) is 0 Å². The summed E-state index contributed by atoms with van der Waals surface area (Å²) in [5.74, 6) is 0.846. The third-order valence-electron chi connectivity index (χ3n) is 3.37. The Hall–Kier alpha value is -0.480. The number of allylic oxidation sites excluding steroid dienone is 1. The van der Waals surface area contributed by atoms with Gasteiger partial charge in [-0.05, 0) is 45.2 Å². The van der Waals surface area contributed by atoms with E-state index in [0.717, 1.165) is 32.4 Å². The zero-order valence-electron chi connectivity index (χ0n) is 10.3. The first-order valence-electron chi connectivity index (χ1n) is 6.61. The smallest absolute Gasteiger partial charge is 0.230 e. The molecule has 3 nitrogen and oxygen atoms in total. The number of hydrogen-bond acceptors (Lipinski definition) is 3. The maximum atomic E-state index is 11.8. The number of carbonyl (C=O) groups is 1. The molecule has 96 valence electrons. The summed E-state index contributed by atoms with van der Waals surface area (Å²) in [6.45, 7) is 2.21. The van der Waals surface area contributed by atoms with Gasteiger partial charge in [-0.3, -0.25) is 4.79 Å². The van der Waals surface area contributed by atoms with Gasteiger partial charge in [0.05, 0.1) is 5.75 Å². The predicted molar refractivity (Wildman–Crippen MR) is 73.3 cm³/mol. The van der Waals surface area contributed by atoms with Crippen molar-refractivity contribution < 1.29 is 4.79 Å². The van der Waals surface area contributed by atoms with Crippen LogP contribution in [0.5, 0.6) is 0 Å². The van der Waals surface area contributed by atoms with Crippen molar-refractivity contribution in [2.45, 2.75) is 43.4 Å². The molecule has 1 fully saturated rings. The first kappa shape index (κ1) is 13.0. The van der Waals surface area contributed by atoms with E-state index in [0.29, 0.717) is 17.0 Å². The molecule has 4 heteroatoms. The molecule has 0 radical (unpaired) electrons. The lowest BCUT2D eigenvalue weighted by molar-refractivity contribution is -0.119. The predicted octanol–water partition coefficient (Wildman–Crippen LogP) is 1.70. The van der Waals surface area contributed by atoms with Crippen LogP contribution in [-0.4, -0.2) is 36.0 Å². The number of amides is 1. The molecule has 1 aliphatic heterocycles.